The molecule has 0 aromatic heterocycles. The minimum Gasteiger partial charge on any atom is -0.495 e. The molecule has 0 heterocycles. The fourth-order valence-corrected chi connectivity index (χ4v) is 3.22. The largest absolute Gasteiger partial charge is 0.495 e. The summed E-state index contributed by atoms with van der Waals surface area (Å²) >= 11 is 0. The van der Waals surface area contributed by atoms with Gasteiger partial charge in [-0.25, -0.2) is 17.9 Å². The zero-order chi connectivity index (χ0) is 20.6. The summed E-state index contributed by atoms with van der Waals surface area (Å²) in [6.07, 6.45) is 0. The van der Waals surface area contributed by atoms with Crippen molar-refractivity contribution < 1.29 is 32.2 Å². The molecule has 2 aromatic carbocycles. The molecule has 0 unspecified atom stereocenters. The minimum absolute atomic E-state index is 0.00614. The van der Waals surface area contributed by atoms with Crippen molar-refractivity contribution >= 4 is 16.0 Å². The Morgan fingerprint density at radius 1 is 1.00 bits per heavy atom. The highest BCUT2D eigenvalue weighted by Gasteiger charge is 2.20. The van der Waals surface area contributed by atoms with Crippen LogP contribution in [0.15, 0.2) is 47.4 Å². The Bertz CT molecular complexity index is 895. The molecule has 0 saturated carbocycles. The van der Waals surface area contributed by atoms with E-state index in [1.807, 2.05) is 6.92 Å². The third-order valence-electron chi connectivity index (χ3n) is 3.68. The number of hydrogen-bond donors (Lipinski definition) is 1. The summed E-state index contributed by atoms with van der Waals surface area (Å²) in [5.74, 6) is 0.828. The van der Waals surface area contributed by atoms with Crippen LogP contribution < -0.4 is 18.9 Å². The van der Waals surface area contributed by atoms with Crippen molar-refractivity contribution in [3.63, 3.8) is 0 Å². The van der Waals surface area contributed by atoms with E-state index in [2.05, 4.69) is 4.72 Å². The molecule has 0 aliphatic carbocycles. The van der Waals surface area contributed by atoms with E-state index in [0.717, 1.165) is 5.75 Å². The van der Waals surface area contributed by atoms with Crippen LogP contribution in [0.25, 0.3) is 0 Å². The lowest BCUT2D eigenvalue weighted by molar-refractivity contribution is 0.0450. The maximum atomic E-state index is 12.2. The van der Waals surface area contributed by atoms with Crippen LogP contribution in [0, 0.1) is 0 Å². The van der Waals surface area contributed by atoms with E-state index in [1.54, 1.807) is 24.3 Å². The lowest BCUT2D eigenvalue weighted by atomic mass is 10.2. The van der Waals surface area contributed by atoms with Crippen molar-refractivity contribution in [2.24, 2.45) is 0 Å². The molecular formula is C19H23NO7S. The molecule has 0 radical (unpaired) electrons. The molecule has 1 N–H and O–H groups in total. The number of carbonyl (C=O) groups is 1. The smallest absolute Gasteiger partial charge is 0.338 e. The van der Waals surface area contributed by atoms with Crippen LogP contribution in [0.1, 0.15) is 17.3 Å². The predicted octanol–water partition coefficient (Wildman–Crippen LogP) is 2.24. The van der Waals surface area contributed by atoms with Gasteiger partial charge in [0.15, 0.2) is 0 Å². The van der Waals surface area contributed by atoms with Gasteiger partial charge in [-0.05, 0) is 56.4 Å². The molecule has 0 atom stereocenters. The third kappa shape index (κ3) is 5.61. The Morgan fingerprint density at radius 2 is 1.64 bits per heavy atom. The number of benzene rings is 2. The normalized spacial score (nSPS) is 11.0. The Hall–Kier alpha value is -2.78. The number of nitrogens with one attached hydrogen (secondary N) is 1. The molecule has 0 spiro atoms. The summed E-state index contributed by atoms with van der Waals surface area (Å²) in [6.45, 7) is 2.64. The average Bonchev–Trinajstić information content (AvgIpc) is 2.72. The van der Waals surface area contributed by atoms with E-state index >= 15 is 0 Å². The van der Waals surface area contributed by atoms with Crippen LogP contribution >= 0.6 is 0 Å². The van der Waals surface area contributed by atoms with E-state index in [1.165, 1.54) is 32.4 Å². The first-order chi connectivity index (χ1) is 13.4. The first-order valence-corrected chi connectivity index (χ1v) is 10.0. The summed E-state index contributed by atoms with van der Waals surface area (Å²) in [5.41, 5.74) is 0.0932. The summed E-state index contributed by atoms with van der Waals surface area (Å²) < 4.78 is 47.3. The molecule has 0 saturated heterocycles. The molecule has 0 aliphatic rings. The van der Waals surface area contributed by atoms with Crippen LogP contribution in [0.2, 0.25) is 0 Å². The number of rotatable bonds is 10. The fraction of sp³-hybridized carbons (Fsp3) is 0.316. The van der Waals surface area contributed by atoms with Gasteiger partial charge in [0.2, 0.25) is 10.0 Å². The molecule has 0 aliphatic heterocycles. The summed E-state index contributed by atoms with van der Waals surface area (Å²) in [4.78, 5) is 12.0. The van der Waals surface area contributed by atoms with Crippen molar-refractivity contribution in [2.75, 3.05) is 34.0 Å². The number of methoxy groups -OCH3 is 1. The Morgan fingerprint density at radius 3 is 2.21 bits per heavy atom. The maximum absolute atomic E-state index is 12.2. The van der Waals surface area contributed by atoms with Crippen molar-refractivity contribution in [1.29, 1.82) is 0 Å². The van der Waals surface area contributed by atoms with Crippen LogP contribution in [0.3, 0.4) is 0 Å². The molecule has 2 rings (SSSR count). The van der Waals surface area contributed by atoms with Crippen molar-refractivity contribution in [2.45, 2.75) is 11.8 Å². The molecule has 8 nitrogen and oxygen atoms in total. The number of hydrogen-bond acceptors (Lipinski definition) is 7. The van der Waals surface area contributed by atoms with Gasteiger partial charge >= 0.3 is 5.97 Å². The van der Waals surface area contributed by atoms with Gasteiger partial charge in [-0.2, -0.15) is 0 Å². The zero-order valence-corrected chi connectivity index (χ0v) is 16.7. The lowest BCUT2D eigenvalue weighted by Crippen LogP contribution is -2.20. The molecule has 0 amide bonds. The van der Waals surface area contributed by atoms with Gasteiger partial charge in [0.1, 0.15) is 35.4 Å². The lowest BCUT2D eigenvalue weighted by Gasteiger charge is -2.11. The number of ether oxygens (including phenoxy) is 4. The van der Waals surface area contributed by atoms with Crippen LogP contribution in [0.4, 0.5) is 0 Å². The first-order valence-electron chi connectivity index (χ1n) is 8.55. The molecule has 152 valence electrons. The van der Waals surface area contributed by atoms with Gasteiger partial charge in [-0.3, -0.25) is 0 Å². The molecular weight excluding hydrogens is 386 g/mol. The highest BCUT2D eigenvalue weighted by molar-refractivity contribution is 7.89. The Balaban J connectivity index is 1.93. The van der Waals surface area contributed by atoms with E-state index < -0.39 is 16.0 Å². The molecule has 2 aromatic rings. The average molecular weight is 409 g/mol. The third-order valence-corrected chi connectivity index (χ3v) is 5.11. The van der Waals surface area contributed by atoms with Crippen LogP contribution in [-0.2, 0) is 14.8 Å². The zero-order valence-electron chi connectivity index (χ0n) is 15.9. The second-order valence-electron chi connectivity index (χ2n) is 5.46. The standard InChI is InChI=1S/C19H23NO7S/c1-4-25-15-6-8-16(9-7-15)26-11-12-27-19(21)14-5-10-17(24-3)18(13-14)28(22,23)20-2/h5-10,13,20H,4,11-12H2,1-3H3. The van der Waals surface area contributed by atoms with Gasteiger partial charge in [0.25, 0.3) is 0 Å². The summed E-state index contributed by atoms with van der Waals surface area (Å²) in [6, 6.07) is 11.1. The highest BCUT2D eigenvalue weighted by Crippen LogP contribution is 2.25. The Kier molecular flexibility index (Phi) is 7.65. The highest BCUT2D eigenvalue weighted by atomic mass is 32.2. The molecule has 0 bridgehead atoms. The number of carbonyl (C=O) groups excluding carboxylic acids is 1. The van der Waals surface area contributed by atoms with Gasteiger partial charge in [0.05, 0.1) is 19.3 Å². The van der Waals surface area contributed by atoms with Crippen molar-refractivity contribution in [3.05, 3.63) is 48.0 Å². The summed E-state index contributed by atoms with van der Waals surface area (Å²) in [5, 5.41) is 0. The van der Waals surface area contributed by atoms with Gasteiger partial charge in [0, 0.05) is 0 Å². The van der Waals surface area contributed by atoms with Gasteiger partial charge < -0.3 is 18.9 Å². The maximum Gasteiger partial charge on any atom is 0.338 e. The monoisotopic (exact) mass is 409 g/mol. The van der Waals surface area contributed by atoms with E-state index in [4.69, 9.17) is 18.9 Å². The summed E-state index contributed by atoms with van der Waals surface area (Å²) in [7, 11) is -1.16. The SMILES string of the molecule is CCOc1ccc(OCCOC(=O)c2ccc(OC)c(S(=O)(=O)NC)c2)cc1. The Labute approximate surface area is 164 Å². The quantitative estimate of drug-likeness (QED) is 0.474. The number of sulfonamides is 1. The number of esters is 1. The second kappa shape index (κ2) is 9.95. The van der Waals surface area contributed by atoms with Crippen LogP contribution in [-0.4, -0.2) is 48.4 Å². The first kappa shape index (κ1) is 21.5. The molecule has 28 heavy (non-hydrogen) atoms. The minimum atomic E-state index is -3.78. The van der Waals surface area contributed by atoms with E-state index in [9.17, 15) is 13.2 Å². The second-order valence-corrected chi connectivity index (χ2v) is 7.32. The van der Waals surface area contributed by atoms with Crippen LogP contribution in [0.5, 0.6) is 17.2 Å². The fourth-order valence-electron chi connectivity index (χ4n) is 2.30. The van der Waals surface area contributed by atoms with Crippen molar-refractivity contribution in [1.82, 2.24) is 4.72 Å². The molecule has 9 heteroatoms. The van der Waals surface area contributed by atoms with E-state index in [-0.39, 0.29) is 29.4 Å². The van der Waals surface area contributed by atoms with Gasteiger partial charge in [-0.1, -0.05) is 0 Å². The van der Waals surface area contributed by atoms with Crippen molar-refractivity contribution in [3.8, 4) is 17.2 Å². The predicted molar refractivity (Wildman–Crippen MR) is 103 cm³/mol. The topological polar surface area (TPSA) is 100 Å². The van der Waals surface area contributed by atoms with Gasteiger partial charge in [-0.15, -0.1) is 0 Å². The molecule has 0 fully saturated rings. The van der Waals surface area contributed by atoms with E-state index in [0.29, 0.717) is 12.4 Å².